The molecule has 2 heterocycles. The zero-order valence-electron chi connectivity index (χ0n) is 9.42. The van der Waals surface area contributed by atoms with Crippen LogP contribution in [0.4, 0.5) is 0 Å². The van der Waals surface area contributed by atoms with Crippen molar-refractivity contribution in [1.29, 1.82) is 0 Å². The molecular weight excluding hydrogens is 284 g/mol. The second-order valence-electron chi connectivity index (χ2n) is 4.90. The van der Waals surface area contributed by atoms with E-state index in [9.17, 15) is 4.79 Å². The third kappa shape index (κ3) is 1.70. The monoisotopic (exact) mass is 298 g/mol. The fraction of sp³-hybridized carbons (Fsp3) is 0.636. The van der Waals surface area contributed by atoms with Crippen molar-refractivity contribution in [2.45, 2.75) is 19.4 Å². The van der Waals surface area contributed by atoms with Gasteiger partial charge in [0.15, 0.2) is 0 Å². The molecule has 1 saturated carbocycles. The van der Waals surface area contributed by atoms with Gasteiger partial charge < -0.3 is 10.6 Å². The van der Waals surface area contributed by atoms with Gasteiger partial charge in [0.1, 0.15) is 0 Å². The SMILES string of the molecule is O=C(NCc1[nH]ncc1Br)[C@]12CC[C@H]1CNC2. The van der Waals surface area contributed by atoms with Gasteiger partial charge in [0.05, 0.1) is 28.3 Å². The molecule has 0 radical (unpaired) electrons. The van der Waals surface area contributed by atoms with E-state index in [1.807, 2.05) is 0 Å². The van der Waals surface area contributed by atoms with E-state index < -0.39 is 0 Å². The van der Waals surface area contributed by atoms with E-state index in [-0.39, 0.29) is 11.3 Å². The van der Waals surface area contributed by atoms with Crippen LogP contribution in [0.25, 0.3) is 0 Å². The molecule has 17 heavy (non-hydrogen) atoms. The third-order valence-electron chi connectivity index (χ3n) is 4.10. The summed E-state index contributed by atoms with van der Waals surface area (Å²) >= 11 is 3.38. The van der Waals surface area contributed by atoms with Gasteiger partial charge in [-0.15, -0.1) is 0 Å². The number of fused-ring (bicyclic) bond motifs is 1. The summed E-state index contributed by atoms with van der Waals surface area (Å²) in [4.78, 5) is 12.2. The Kier molecular flexibility index (Phi) is 2.71. The number of nitrogens with zero attached hydrogens (tertiary/aromatic N) is 1. The lowest BCUT2D eigenvalue weighted by Gasteiger charge is -2.42. The van der Waals surface area contributed by atoms with Crippen LogP contribution in [0.1, 0.15) is 18.5 Å². The average Bonchev–Trinajstić information content (AvgIpc) is 2.81. The summed E-state index contributed by atoms with van der Waals surface area (Å²) in [5.41, 5.74) is 0.781. The highest BCUT2D eigenvalue weighted by Gasteiger charge is 2.55. The molecular formula is C11H15BrN4O. The lowest BCUT2D eigenvalue weighted by Crippen LogP contribution is -2.51. The number of H-pyrrole nitrogens is 1. The van der Waals surface area contributed by atoms with Crippen LogP contribution in [0.5, 0.6) is 0 Å². The highest BCUT2D eigenvalue weighted by molar-refractivity contribution is 9.10. The number of halogens is 1. The summed E-state index contributed by atoms with van der Waals surface area (Å²) in [6.07, 6.45) is 3.89. The number of rotatable bonds is 3. The molecule has 3 N–H and O–H groups in total. The predicted molar refractivity (Wildman–Crippen MR) is 66.2 cm³/mol. The van der Waals surface area contributed by atoms with E-state index in [0.29, 0.717) is 12.5 Å². The van der Waals surface area contributed by atoms with Crippen LogP contribution in [0, 0.1) is 11.3 Å². The Bertz CT molecular complexity index is 446. The van der Waals surface area contributed by atoms with Gasteiger partial charge in [-0.1, -0.05) is 0 Å². The minimum absolute atomic E-state index is 0.132. The Morgan fingerprint density at radius 1 is 1.71 bits per heavy atom. The maximum atomic E-state index is 12.2. The topological polar surface area (TPSA) is 69.8 Å². The Labute approximate surface area is 108 Å². The molecule has 5 nitrogen and oxygen atoms in total. The first-order valence-electron chi connectivity index (χ1n) is 5.89. The Balaban J connectivity index is 1.63. The molecule has 2 fully saturated rings. The van der Waals surface area contributed by atoms with Crippen LogP contribution >= 0.6 is 15.9 Å². The van der Waals surface area contributed by atoms with Crippen molar-refractivity contribution in [3.63, 3.8) is 0 Å². The summed E-state index contributed by atoms with van der Waals surface area (Å²) in [5.74, 6) is 0.716. The molecule has 1 aromatic heterocycles. The van der Waals surface area contributed by atoms with Gasteiger partial charge in [0.2, 0.25) is 5.91 Å². The number of aromatic nitrogens is 2. The molecule has 0 aromatic carbocycles. The minimum atomic E-state index is -0.132. The van der Waals surface area contributed by atoms with Crippen molar-refractivity contribution in [2.75, 3.05) is 13.1 Å². The lowest BCUT2D eigenvalue weighted by molar-refractivity contribution is -0.138. The van der Waals surface area contributed by atoms with E-state index in [1.165, 1.54) is 6.42 Å². The first kappa shape index (κ1) is 11.2. The minimum Gasteiger partial charge on any atom is -0.350 e. The summed E-state index contributed by atoms with van der Waals surface area (Å²) < 4.78 is 0.907. The predicted octanol–water partition coefficient (Wildman–Crippen LogP) is 0.788. The quantitative estimate of drug-likeness (QED) is 0.773. The zero-order chi connectivity index (χ0) is 11.9. The van der Waals surface area contributed by atoms with Crippen molar-refractivity contribution in [1.82, 2.24) is 20.8 Å². The highest BCUT2D eigenvalue weighted by atomic mass is 79.9. The number of amides is 1. The number of nitrogens with one attached hydrogen (secondary N) is 3. The smallest absolute Gasteiger partial charge is 0.228 e. The molecule has 92 valence electrons. The van der Waals surface area contributed by atoms with Crippen molar-refractivity contribution in [2.24, 2.45) is 11.3 Å². The van der Waals surface area contributed by atoms with Crippen molar-refractivity contribution in [3.05, 3.63) is 16.4 Å². The molecule has 6 heteroatoms. The van der Waals surface area contributed by atoms with E-state index >= 15 is 0 Å². The van der Waals surface area contributed by atoms with Gasteiger partial charge in [-0.2, -0.15) is 5.10 Å². The average molecular weight is 299 g/mol. The molecule has 1 amide bonds. The summed E-state index contributed by atoms with van der Waals surface area (Å²) in [6.45, 7) is 2.32. The number of aromatic amines is 1. The molecule has 2 aliphatic rings. The van der Waals surface area contributed by atoms with Gasteiger partial charge in [0, 0.05) is 6.54 Å². The molecule has 1 aliphatic carbocycles. The van der Waals surface area contributed by atoms with E-state index in [0.717, 1.165) is 29.7 Å². The fourth-order valence-electron chi connectivity index (χ4n) is 2.84. The van der Waals surface area contributed by atoms with E-state index in [2.05, 4.69) is 36.8 Å². The van der Waals surface area contributed by atoms with Crippen molar-refractivity contribution < 1.29 is 4.79 Å². The molecule has 2 atom stereocenters. The van der Waals surface area contributed by atoms with Gasteiger partial charge >= 0.3 is 0 Å². The van der Waals surface area contributed by atoms with Crippen LogP contribution in [0.3, 0.4) is 0 Å². The van der Waals surface area contributed by atoms with Crippen LogP contribution < -0.4 is 10.6 Å². The van der Waals surface area contributed by atoms with Gasteiger partial charge in [-0.3, -0.25) is 9.89 Å². The van der Waals surface area contributed by atoms with Crippen LogP contribution in [-0.4, -0.2) is 29.2 Å². The zero-order valence-corrected chi connectivity index (χ0v) is 11.0. The van der Waals surface area contributed by atoms with E-state index in [1.54, 1.807) is 6.20 Å². The summed E-state index contributed by atoms with van der Waals surface area (Å²) in [6, 6.07) is 0. The summed E-state index contributed by atoms with van der Waals surface area (Å²) in [7, 11) is 0. The molecule has 0 spiro atoms. The van der Waals surface area contributed by atoms with Crippen molar-refractivity contribution >= 4 is 21.8 Å². The molecule has 3 rings (SSSR count). The van der Waals surface area contributed by atoms with Crippen LogP contribution in [0.15, 0.2) is 10.7 Å². The number of carbonyl (C=O) groups is 1. The third-order valence-corrected chi connectivity index (χ3v) is 4.78. The van der Waals surface area contributed by atoms with Crippen molar-refractivity contribution in [3.8, 4) is 0 Å². The molecule has 1 aliphatic heterocycles. The van der Waals surface area contributed by atoms with Gasteiger partial charge in [-0.25, -0.2) is 0 Å². The van der Waals surface area contributed by atoms with Crippen LogP contribution in [-0.2, 0) is 11.3 Å². The second kappa shape index (κ2) is 4.10. The fourth-order valence-corrected chi connectivity index (χ4v) is 3.17. The number of hydrogen-bond donors (Lipinski definition) is 3. The second-order valence-corrected chi connectivity index (χ2v) is 5.76. The van der Waals surface area contributed by atoms with Crippen LogP contribution in [0.2, 0.25) is 0 Å². The highest BCUT2D eigenvalue weighted by Crippen LogP contribution is 2.49. The Morgan fingerprint density at radius 2 is 2.59 bits per heavy atom. The maximum absolute atomic E-state index is 12.2. The Hall–Kier alpha value is -0.880. The molecule has 1 aromatic rings. The molecule has 0 bridgehead atoms. The first-order valence-corrected chi connectivity index (χ1v) is 6.68. The maximum Gasteiger partial charge on any atom is 0.228 e. The molecule has 0 unspecified atom stereocenters. The lowest BCUT2D eigenvalue weighted by atomic mass is 9.61. The molecule has 1 saturated heterocycles. The Morgan fingerprint density at radius 3 is 3.18 bits per heavy atom. The van der Waals surface area contributed by atoms with E-state index in [4.69, 9.17) is 0 Å². The van der Waals surface area contributed by atoms with Gasteiger partial charge in [0.25, 0.3) is 0 Å². The largest absolute Gasteiger partial charge is 0.350 e. The number of carbonyl (C=O) groups excluding carboxylic acids is 1. The standard InChI is InChI=1S/C11H15BrN4O/c12-8-4-15-16-9(8)5-14-10(17)11-2-1-7(11)3-13-6-11/h4,7,13H,1-3,5-6H2,(H,14,17)(H,15,16)/t7-,11-/m0/s1. The first-order chi connectivity index (χ1) is 8.22. The summed E-state index contributed by atoms with van der Waals surface area (Å²) in [5, 5.41) is 13.1. The number of hydrogen-bond acceptors (Lipinski definition) is 3. The normalized spacial score (nSPS) is 30.8. The van der Waals surface area contributed by atoms with Gasteiger partial charge in [-0.05, 0) is 41.2 Å².